The Kier molecular flexibility index (Phi) is 2.80. The standard InChI is InChI=1S/C15H11N3/c1-2-4-13(5-3-1)15-17-11-8-14(18-15)12-6-9-16-10-7-12/h1-11H. The van der Waals surface area contributed by atoms with Gasteiger partial charge in [-0.05, 0) is 18.2 Å². The van der Waals surface area contributed by atoms with Crippen LogP contribution in [0.2, 0.25) is 0 Å². The molecule has 3 heteroatoms. The molecule has 0 amide bonds. The fraction of sp³-hybridized carbons (Fsp3) is 0. The summed E-state index contributed by atoms with van der Waals surface area (Å²) in [5, 5.41) is 0. The first-order valence-electron chi connectivity index (χ1n) is 5.72. The fourth-order valence-corrected chi connectivity index (χ4v) is 1.77. The summed E-state index contributed by atoms with van der Waals surface area (Å²) in [6.45, 7) is 0. The predicted octanol–water partition coefficient (Wildman–Crippen LogP) is 3.21. The number of hydrogen-bond acceptors (Lipinski definition) is 3. The summed E-state index contributed by atoms with van der Waals surface area (Å²) in [5.74, 6) is 0.741. The van der Waals surface area contributed by atoms with Crippen LogP contribution in [0.5, 0.6) is 0 Å². The van der Waals surface area contributed by atoms with E-state index in [1.807, 2.05) is 48.5 Å². The predicted molar refractivity (Wildman–Crippen MR) is 70.7 cm³/mol. The lowest BCUT2D eigenvalue weighted by Gasteiger charge is -2.03. The van der Waals surface area contributed by atoms with E-state index in [1.54, 1.807) is 18.6 Å². The molecule has 3 aromatic rings. The zero-order chi connectivity index (χ0) is 12.2. The van der Waals surface area contributed by atoms with Crippen LogP contribution in [0.4, 0.5) is 0 Å². The Bertz CT molecular complexity index is 581. The fourth-order valence-electron chi connectivity index (χ4n) is 1.77. The van der Waals surface area contributed by atoms with Crippen LogP contribution in [0, 0.1) is 0 Å². The Labute approximate surface area is 105 Å². The van der Waals surface area contributed by atoms with Crippen LogP contribution in [-0.4, -0.2) is 15.0 Å². The van der Waals surface area contributed by atoms with Crippen LogP contribution in [0.3, 0.4) is 0 Å². The smallest absolute Gasteiger partial charge is 0.159 e. The number of rotatable bonds is 2. The molecule has 0 fully saturated rings. The minimum Gasteiger partial charge on any atom is -0.265 e. The second kappa shape index (κ2) is 4.75. The van der Waals surface area contributed by atoms with Crippen molar-refractivity contribution in [1.82, 2.24) is 15.0 Å². The lowest BCUT2D eigenvalue weighted by atomic mass is 10.1. The summed E-state index contributed by atoms with van der Waals surface area (Å²) in [4.78, 5) is 12.9. The Morgan fingerprint density at radius 3 is 2.22 bits per heavy atom. The monoisotopic (exact) mass is 233 g/mol. The highest BCUT2D eigenvalue weighted by atomic mass is 14.9. The highest BCUT2D eigenvalue weighted by Gasteiger charge is 2.03. The van der Waals surface area contributed by atoms with Gasteiger partial charge in [-0.3, -0.25) is 4.98 Å². The molecule has 0 atom stereocenters. The molecule has 3 nitrogen and oxygen atoms in total. The SMILES string of the molecule is c1ccc(-c2nccc(-c3ccncc3)n2)cc1. The normalized spacial score (nSPS) is 10.2. The molecule has 2 aromatic heterocycles. The number of pyridine rings is 1. The first-order chi connectivity index (χ1) is 8.93. The quantitative estimate of drug-likeness (QED) is 0.682. The van der Waals surface area contributed by atoms with E-state index in [9.17, 15) is 0 Å². The molecule has 0 saturated heterocycles. The van der Waals surface area contributed by atoms with E-state index >= 15 is 0 Å². The highest BCUT2D eigenvalue weighted by Crippen LogP contribution is 2.19. The number of hydrogen-bond donors (Lipinski definition) is 0. The Morgan fingerprint density at radius 1 is 0.667 bits per heavy atom. The second-order valence-electron chi connectivity index (χ2n) is 3.87. The van der Waals surface area contributed by atoms with Crippen LogP contribution < -0.4 is 0 Å². The summed E-state index contributed by atoms with van der Waals surface area (Å²) in [5.41, 5.74) is 2.98. The maximum Gasteiger partial charge on any atom is 0.159 e. The molecule has 0 aliphatic heterocycles. The maximum absolute atomic E-state index is 4.57. The van der Waals surface area contributed by atoms with Crippen LogP contribution in [-0.2, 0) is 0 Å². The molecule has 0 radical (unpaired) electrons. The molecule has 0 aliphatic rings. The lowest BCUT2D eigenvalue weighted by molar-refractivity contribution is 1.18. The molecule has 18 heavy (non-hydrogen) atoms. The van der Waals surface area contributed by atoms with Crippen molar-refractivity contribution in [2.24, 2.45) is 0 Å². The third kappa shape index (κ3) is 2.11. The second-order valence-corrected chi connectivity index (χ2v) is 3.87. The number of benzene rings is 1. The van der Waals surface area contributed by atoms with Crippen molar-refractivity contribution in [3.05, 3.63) is 67.1 Å². The van der Waals surface area contributed by atoms with Crippen molar-refractivity contribution < 1.29 is 0 Å². The van der Waals surface area contributed by atoms with Gasteiger partial charge in [-0.2, -0.15) is 0 Å². The van der Waals surface area contributed by atoms with Crippen LogP contribution in [0.1, 0.15) is 0 Å². The molecule has 1 aromatic carbocycles. The zero-order valence-corrected chi connectivity index (χ0v) is 9.69. The third-order valence-corrected chi connectivity index (χ3v) is 2.66. The van der Waals surface area contributed by atoms with Gasteiger partial charge in [0, 0.05) is 29.7 Å². The van der Waals surface area contributed by atoms with Crippen molar-refractivity contribution in [2.75, 3.05) is 0 Å². The average molecular weight is 233 g/mol. The van der Waals surface area contributed by atoms with Crippen LogP contribution in [0.25, 0.3) is 22.6 Å². The van der Waals surface area contributed by atoms with E-state index in [0.717, 1.165) is 22.6 Å². The molecular weight excluding hydrogens is 222 g/mol. The summed E-state index contributed by atoms with van der Waals surface area (Å²) in [6, 6.07) is 15.7. The van der Waals surface area contributed by atoms with Gasteiger partial charge in [-0.25, -0.2) is 9.97 Å². The Balaban J connectivity index is 2.05. The minimum atomic E-state index is 0.741. The molecule has 0 aliphatic carbocycles. The molecule has 0 saturated carbocycles. The van der Waals surface area contributed by atoms with E-state index in [-0.39, 0.29) is 0 Å². The van der Waals surface area contributed by atoms with Crippen molar-refractivity contribution in [1.29, 1.82) is 0 Å². The van der Waals surface area contributed by atoms with Gasteiger partial charge in [0.1, 0.15) is 0 Å². The van der Waals surface area contributed by atoms with Crippen molar-refractivity contribution in [3.63, 3.8) is 0 Å². The van der Waals surface area contributed by atoms with Gasteiger partial charge in [0.15, 0.2) is 5.82 Å². The highest BCUT2D eigenvalue weighted by molar-refractivity contribution is 5.62. The van der Waals surface area contributed by atoms with E-state index in [1.165, 1.54) is 0 Å². The minimum absolute atomic E-state index is 0.741. The average Bonchev–Trinajstić information content (AvgIpc) is 2.49. The van der Waals surface area contributed by atoms with E-state index < -0.39 is 0 Å². The van der Waals surface area contributed by atoms with E-state index in [2.05, 4.69) is 15.0 Å². The van der Waals surface area contributed by atoms with E-state index in [0.29, 0.717) is 0 Å². The van der Waals surface area contributed by atoms with Gasteiger partial charge in [0.25, 0.3) is 0 Å². The lowest BCUT2D eigenvalue weighted by Crippen LogP contribution is -1.91. The van der Waals surface area contributed by atoms with Crippen LogP contribution >= 0.6 is 0 Å². The van der Waals surface area contributed by atoms with E-state index in [4.69, 9.17) is 0 Å². The summed E-state index contributed by atoms with van der Waals surface area (Å²) in [7, 11) is 0. The number of aromatic nitrogens is 3. The van der Waals surface area contributed by atoms with Crippen molar-refractivity contribution in [2.45, 2.75) is 0 Å². The van der Waals surface area contributed by atoms with Gasteiger partial charge in [-0.15, -0.1) is 0 Å². The Hall–Kier alpha value is -2.55. The zero-order valence-electron chi connectivity index (χ0n) is 9.69. The summed E-state index contributed by atoms with van der Waals surface area (Å²) in [6.07, 6.45) is 5.31. The van der Waals surface area contributed by atoms with Crippen LogP contribution in [0.15, 0.2) is 67.1 Å². The molecular formula is C15H11N3. The molecule has 0 bridgehead atoms. The maximum atomic E-state index is 4.57. The van der Waals surface area contributed by atoms with Gasteiger partial charge in [0.2, 0.25) is 0 Å². The molecule has 0 unspecified atom stereocenters. The largest absolute Gasteiger partial charge is 0.265 e. The molecule has 2 heterocycles. The van der Waals surface area contributed by atoms with Crippen molar-refractivity contribution >= 4 is 0 Å². The molecule has 86 valence electrons. The topological polar surface area (TPSA) is 38.7 Å². The van der Waals surface area contributed by atoms with Gasteiger partial charge < -0.3 is 0 Å². The summed E-state index contributed by atoms with van der Waals surface area (Å²) >= 11 is 0. The molecule has 0 N–H and O–H groups in total. The van der Waals surface area contributed by atoms with Gasteiger partial charge in [0.05, 0.1) is 5.69 Å². The van der Waals surface area contributed by atoms with Gasteiger partial charge >= 0.3 is 0 Å². The first kappa shape index (κ1) is 10.6. The first-order valence-corrected chi connectivity index (χ1v) is 5.72. The van der Waals surface area contributed by atoms with Crippen molar-refractivity contribution in [3.8, 4) is 22.6 Å². The molecule has 0 spiro atoms. The Morgan fingerprint density at radius 2 is 1.44 bits per heavy atom. The van der Waals surface area contributed by atoms with Gasteiger partial charge in [-0.1, -0.05) is 30.3 Å². The third-order valence-electron chi connectivity index (χ3n) is 2.66. The number of nitrogens with zero attached hydrogens (tertiary/aromatic N) is 3. The summed E-state index contributed by atoms with van der Waals surface area (Å²) < 4.78 is 0. The molecule has 3 rings (SSSR count).